The number of nitrogens with two attached hydrogens (primary N) is 1. The van der Waals surface area contributed by atoms with Gasteiger partial charge in [0.15, 0.2) is 0 Å². The number of amides is 2. The number of hydrogen-bond acceptors (Lipinski definition) is 5. The molecule has 1 aliphatic rings. The minimum atomic E-state index is -0.520. The first-order valence-corrected chi connectivity index (χ1v) is 9.12. The predicted octanol–water partition coefficient (Wildman–Crippen LogP) is 3.18. The standard InChI is InChI=1S/C18H23N3O3S/c1-18(2,3)24-17(23)21-10-8-20(9-11-21)16(22)14-12-6-4-5-7-13(12)25-15(14)19/h4-7H,8-11,19H2,1-3H3. The summed E-state index contributed by atoms with van der Waals surface area (Å²) in [6.07, 6.45) is -0.333. The van der Waals surface area contributed by atoms with Crippen LogP contribution in [0.1, 0.15) is 31.1 Å². The number of ether oxygens (including phenoxy) is 1. The predicted molar refractivity (Wildman–Crippen MR) is 99.9 cm³/mol. The Bertz CT molecular complexity index is 801. The number of carbonyl (C=O) groups is 2. The number of nitrogens with zero attached hydrogens (tertiary/aromatic N) is 2. The van der Waals surface area contributed by atoms with Crippen molar-refractivity contribution in [1.82, 2.24) is 9.80 Å². The zero-order valence-electron chi connectivity index (χ0n) is 14.7. The van der Waals surface area contributed by atoms with Crippen LogP contribution in [0.3, 0.4) is 0 Å². The van der Waals surface area contributed by atoms with E-state index in [9.17, 15) is 9.59 Å². The van der Waals surface area contributed by atoms with Crippen LogP contribution in [0.25, 0.3) is 10.1 Å². The molecule has 0 aliphatic carbocycles. The van der Waals surface area contributed by atoms with Gasteiger partial charge in [-0.2, -0.15) is 0 Å². The highest BCUT2D eigenvalue weighted by Gasteiger charge is 2.29. The van der Waals surface area contributed by atoms with Crippen molar-refractivity contribution in [1.29, 1.82) is 0 Å². The fourth-order valence-corrected chi connectivity index (χ4v) is 3.82. The molecule has 1 aliphatic heterocycles. The van der Waals surface area contributed by atoms with Gasteiger partial charge in [-0.05, 0) is 26.8 Å². The molecule has 1 fully saturated rings. The second-order valence-electron chi connectivity index (χ2n) is 7.10. The van der Waals surface area contributed by atoms with Gasteiger partial charge in [0.1, 0.15) is 5.60 Å². The van der Waals surface area contributed by atoms with Crippen LogP contribution in [0.2, 0.25) is 0 Å². The van der Waals surface area contributed by atoms with Crippen molar-refractivity contribution in [3.05, 3.63) is 29.8 Å². The molecule has 7 heteroatoms. The molecule has 6 nitrogen and oxygen atoms in total. The van der Waals surface area contributed by atoms with E-state index in [4.69, 9.17) is 10.5 Å². The van der Waals surface area contributed by atoms with Gasteiger partial charge in [0, 0.05) is 36.3 Å². The van der Waals surface area contributed by atoms with Crippen molar-refractivity contribution >= 4 is 38.4 Å². The van der Waals surface area contributed by atoms with Gasteiger partial charge in [0.25, 0.3) is 5.91 Å². The van der Waals surface area contributed by atoms with Gasteiger partial charge >= 0.3 is 6.09 Å². The van der Waals surface area contributed by atoms with Crippen LogP contribution in [0.15, 0.2) is 24.3 Å². The molecular weight excluding hydrogens is 338 g/mol. The van der Waals surface area contributed by atoms with Gasteiger partial charge in [0.05, 0.1) is 10.6 Å². The quantitative estimate of drug-likeness (QED) is 0.846. The number of rotatable bonds is 1. The highest BCUT2D eigenvalue weighted by Crippen LogP contribution is 2.34. The number of thiophene rings is 1. The molecule has 0 spiro atoms. The van der Waals surface area contributed by atoms with E-state index in [1.807, 2.05) is 45.0 Å². The summed E-state index contributed by atoms with van der Waals surface area (Å²) < 4.78 is 6.40. The van der Waals surface area contributed by atoms with E-state index in [-0.39, 0.29) is 12.0 Å². The molecule has 1 saturated heterocycles. The largest absolute Gasteiger partial charge is 0.444 e. The molecule has 0 unspecified atom stereocenters. The number of nitrogen functional groups attached to an aromatic ring is 1. The Morgan fingerprint density at radius 1 is 1.08 bits per heavy atom. The van der Waals surface area contributed by atoms with E-state index in [1.165, 1.54) is 11.3 Å². The molecule has 0 saturated carbocycles. The van der Waals surface area contributed by atoms with E-state index >= 15 is 0 Å². The van der Waals surface area contributed by atoms with E-state index in [2.05, 4.69) is 0 Å². The van der Waals surface area contributed by atoms with Crippen LogP contribution in [0.4, 0.5) is 9.80 Å². The number of fused-ring (bicyclic) bond motifs is 1. The summed E-state index contributed by atoms with van der Waals surface area (Å²) in [5.74, 6) is -0.0706. The molecule has 2 N–H and O–H groups in total. The molecule has 2 amide bonds. The minimum absolute atomic E-state index is 0.0706. The summed E-state index contributed by atoms with van der Waals surface area (Å²) in [5, 5.41) is 1.44. The second-order valence-corrected chi connectivity index (χ2v) is 8.18. The maximum absolute atomic E-state index is 12.9. The lowest BCUT2D eigenvalue weighted by Crippen LogP contribution is -2.51. The van der Waals surface area contributed by atoms with Crippen molar-refractivity contribution in [2.75, 3.05) is 31.9 Å². The summed E-state index contributed by atoms with van der Waals surface area (Å²) >= 11 is 1.43. The number of anilines is 1. The first-order valence-electron chi connectivity index (χ1n) is 8.30. The Morgan fingerprint density at radius 2 is 1.68 bits per heavy atom. The van der Waals surface area contributed by atoms with Crippen LogP contribution >= 0.6 is 11.3 Å². The highest BCUT2D eigenvalue weighted by molar-refractivity contribution is 7.23. The van der Waals surface area contributed by atoms with Crippen LogP contribution < -0.4 is 5.73 Å². The molecule has 3 rings (SSSR count). The molecule has 2 heterocycles. The summed E-state index contributed by atoms with van der Waals surface area (Å²) in [4.78, 5) is 28.4. The fraction of sp³-hybridized carbons (Fsp3) is 0.444. The first-order chi connectivity index (χ1) is 11.8. The smallest absolute Gasteiger partial charge is 0.410 e. The maximum Gasteiger partial charge on any atom is 0.410 e. The average Bonchev–Trinajstić information content (AvgIpc) is 2.88. The molecule has 1 aromatic heterocycles. The van der Waals surface area contributed by atoms with Crippen LogP contribution in [-0.2, 0) is 4.74 Å². The lowest BCUT2D eigenvalue weighted by Gasteiger charge is -2.35. The number of benzene rings is 1. The monoisotopic (exact) mass is 361 g/mol. The lowest BCUT2D eigenvalue weighted by molar-refractivity contribution is 0.0141. The first kappa shape index (κ1) is 17.5. The van der Waals surface area contributed by atoms with Gasteiger partial charge in [-0.25, -0.2) is 4.79 Å². The third kappa shape index (κ3) is 3.71. The lowest BCUT2D eigenvalue weighted by atomic mass is 10.1. The number of carbonyl (C=O) groups excluding carboxylic acids is 2. The molecule has 0 atom stereocenters. The van der Waals surface area contributed by atoms with Crippen molar-refractivity contribution in [3.63, 3.8) is 0 Å². The van der Waals surface area contributed by atoms with Crippen molar-refractivity contribution in [2.24, 2.45) is 0 Å². The van der Waals surface area contributed by atoms with Gasteiger partial charge < -0.3 is 20.3 Å². The van der Waals surface area contributed by atoms with Crippen molar-refractivity contribution in [3.8, 4) is 0 Å². The van der Waals surface area contributed by atoms with E-state index < -0.39 is 5.60 Å². The molecule has 2 aromatic rings. The SMILES string of the molecule is CC(C)(C)OC(=O)N1CCN(C(=O)c2c(N)sc3ccccc23)CC1. The Balaban J connectivity index is 1.69. The summed E-state index contributed by atoms with van der Waals surface area (Å²) in [6, 6.07) is 7.73. The summed E-state index contributed by atoms with van der Waals surface area (Å²) in [6.45, 7) is 7.40. The molecule has 0 radical (unpaired) electrons. The molecule has 0 bridgehead atoms. The Labute approximate surface area is 151 Å². The van der Waals surface area contributed by atoms with Crippen LogP contribution in [0, 0.1) is 0 Å². The normalized spacial score (nSPS) is 15.5. The van der Waals surface area contributed by atoms with E-state index in [1.54, 1.807) is 9.80 Å². The molecular formula is C18H23N3O3S. The van der Waals surface area contributed by atoms with E-state index in [0.717, 1.165) is 10.1 Å². The van der Waals surface area contributed by atoms with E-state index in [0.29, 0.717) is 36.7 Å². The summed E-state index contributed by atoms with van der Waals surface area (Å²) in [7, 11) is 0. The van der Waals surface area contributed by atoms with Crippen LogP contribution in [-0.4, -0.2) is 53.6 Å². The summed E-state index contributed by atoms with van der Waals surface area (Å²) in [5.41, 5.74) is 6.15. The Hall–Kier alpha value is -2.28. The van der Waals surface area contributed by atoms with Gasteiger partial charge in [0.2, 0.25) is 0 Å². The third-order valence-corrected chi connectivity index (χ3v) is 5.06. The molecule has 134 valence electrons. The molecule has 25 heavy (non-hydrogen) atoms. The molecule has 1 aromatic carbocycles. The fourth-order valence-electron chi connectivity index (χ4n) is 2.86. The number of hydrogen-bond donors (Lipinski definition) is 1. The Morgan fingerprint density at radius 3 is 2.32 bits per heavy atom. The van der Waals surface area contributed by atoms with Gasteiger partial charge in [-0.3, -0.25) is 4.79 Å². The zero-order valence-corrected chi connectivity index (χ0v) is 15.6. The van der Waals surface area contributed by atoms with Gasteiger partial charge in [-0.1, -0.05) is 18.2 Å². The third-order valence-electron chi connectivity index (χ3n) is 4.06. The van der Waals surface area contributed by atoms with Crippen molar-refractivity contribution in [2.45, 2.75) is 26.4 Å². The van der Waals surface area contributed by atoms with Crippen LogP contribution in [0.5, 0.6) is 0 Å². The highest BCUT2D eigenvalue weighted by atomic mass is 32.1. The zero-order chi connectivity index (χ0) is 18.2. The minimum Gasteiger partial charge on any atom is -0.444 e. The van der Waals surface area contributed by atoms with Gasteiger partial charge in [-0.15, -0.1) is 11.3 Å². The Kier molecular flexibility index (Phi) is 4.60. The average molecular weight is 361 g/mol. The maximum atomic E-state index is 12.9. The number of piperazine rings is 1. The van der Waals surface area contributed by atoms with Crippen molar-refractivity contribution < 1.29 is 14.3 Å². The topological polar surface area (TPSA) is 75.9 Å². The second kappa shape index (κ2) is 6.55.